The van der Waals surface area contributed by atoms with Gasteiger partial charge in [0, 0.05) is 0 Å². The van der Waals surface area contributed by atoms with Gasteiger partial charge < -0.3 is 14.8 Å². The van der Waals surface area contributed by atoms with Crippen LogP contribution in [-0.2, 0) is 19.6 Å². The van der Waals surface area contributed by atoms with E-state index < -0.39 is 28.4 Å². The number of carbonyl (C=O) groups excluding carboxylic acids is 2. The number of hydrogen-bond donors (Lipinski definition) is 1. The van der Waals surface area contributed by atoms with Gasteiger partial charge in [0.05, 0.1) is 25.6 Å². The van der Waals surface area contributed by atoms with Gasteiger partial charge in [-0.15, -0.1) is 11.3 Å². The van der Waals surface area contributed by atoms with E-state index >= 15 is 0 Å². The molecule has 31 heavy (non-hydrogen) atoms. The number of nitrogens with zero attached hydrogens (tertiary/aromatic N) is 1. The van der Waals surface area contributed by atoms with Gasteiger partial charge in [0.1, 0.15) is 22.1 Å². The summed E-state index contributed by atoms with van der Waals surface area (Å²) in [5, 5.41) is 4.15. The molecule has 0 aliphatic heterocycles. The van der Waals surface area contributed by atoms with Crippen molar-refractivity contribution in [3.05, 3.63) is 70.9 Å². The highest BCUT2D eigenvalue weighted by Crippen LogP contribution is 2.30. The molecule has 2 aromatic carbocycles. The predicted molar refractivity (Wildman–Crippen MR) is 118 cm³/mol. The number of methoxy groups -OCH3 is 2. The summed E-state index contributed by atoms with van der Waals surface area (Å²) in [7, 11) is -1.61. The van der Waals surface area contributed by atoms with Crippen LogP contribution in [0, 0.1) is 0 Å². The molecule has 0 spiro atoms. The molecule has 10 heteroatoms. The number of thiophene rings is 1. The van der Waals surface area contributed by atoms with E-state index in [2.05, 4.69) is 5.32 Å². The van der Waals surface area contributed by atoms with E-state index in [0.717, 1.165) is 15.6 Å². The van der Waals surface area contributed by atoms with Crippen molar-refractivity contribution >= 4 is 44.6 Å². The Hall–Kier alpha value is -3.37. The Morgan fingerprint density at radius 1 is 1.00 bits per heavy atom. The minimum Gasteiger partial charge on any atom is -0.495 e. The smallest absolute Gasteiger partial charge is 0.349 e. The van der Waals surface area contributed by atoms with Gasteiger partial charge in [0.2, 0.25) is 5.91 Å². The molecule has 0 radical (unpaired) electrons. The maximum absolute atomic E-state index is 13.5. The summed E-state index contributed by atoms with van der Waals surface area (Å²) in [5.41, 5.74) is 0.686. The molecule has 0 fully saturated rings. The maximum Gasteiger partial charge on any atom is 0.349 e. The molecule has 0 atom stereocenters. The van der Waals surface area contributed by atoms with Crippen LogP contribution in [0.1, 0.15) is 9.67 Å². The van der Waals surface area contributed by atoms with Gasteiger partial charge >= 0.3 is 5.97 Å². The second-order valence-electron chi connectivity index (χ2n) is 6.20. The number of hydrogen-bond acceptors (Lipinski definition) is 7. The average Bonchev–Trinajstić information content (AvgIpc) is 3.29. The largest absolute Gasteiger partial charge is 0.495 e. The van der Waals surface area contributed by atoms with Crippen molar-refractivity contribution in [2.75, 3.05) is 30.4 Å². The first-order valence-electron chi connectivity index (χ1n) is 9.05. The monoisotopic (exact) mass is 460 g/mol. The Morgan fingerprint density at radius 3 is 2.35 bits per heavy atom. The van der Waals surface area contributed by atoms with E-state index in [1.54, 1.807) is 54.6 Å². The number of nitrogens with one attached hydrogen (secondary N) is 1. The molecule has 0 saturated heterocycles. The zero-order chi connectivity index (χ0) is 22.4. The van der Waals surface area contributed by atoms with E-state index in [-0.39, 0.29) is 15.5 Å². The van der Waals surface area contributed by atoms with Gasteiger partial charge in [-0.25, -0.2) is 13.2 Å². The van der Waals surface area contributed by atoms with Crippen molar-refractivity contribution in [2.24, 2.45) is 0 Å². The van der Waals surface area contributed by atoms with Crippen molar-refractivity contribution in [3.63, 3.8) is 0 Å². The highest BCUT2D eigenvalue weighted by Gasteiger charge is 2.32. The van der Waals surface area contributed by atoms with Crippen molar-refractivity contribution in [2.45, 2.75) is 4.90 Å². The van der Waals surface area contributed by atoms with Crippen molar-refractivity contribution in [3.8, 4) is 5.75 Å². The minimum atomic E-state index is -4.25. The van der Waals surface area contributed by atoms with Crippen LogP contribution in [0.4, 0.5) is 11.4 Å². The molecular weight excluding hydrogens is 440 g/mol. The molecule has 0 bridgehead atoms. The van der Waals surface area contributed by atoms with Crippen LogP contribution in [0.5, 0.6) is 5.75 Å². The number of amides is 1. The average molecular weight is 461 g/mol. The fraction of sp³-hybridized carbons (Fsp3) is 0.143. The van der Waals surface area contributed by atoms with Crippen LogP contribution in [-0.4, -0.2) is 41.1 Å². The molecule has 3 aromatic rings. The molecule has 1 heterocycles. The van der Waals surface area contributed by atoms with Crippen molar-refractivity contribution in [1.82, 2.24) is 0 Å². The number of para-hydroxylation sites is 3. The number of anilines is 2. The lowest BCUT2D eigenvalue weighted by Gasteiger charge is -2.24. The van der Waals surface area contributed by atoms with Crippen LogP contribution in [0.25, 0.3) is 0 Å². The number of carbonyl (C=O) groups is 2. The molecule has 1 aromatic heterocycles. The highest BCUT2D eigenvalue weighted by atomic mass is 32.2. The second-order valence-corrected chi connectivity index (χ2v) is 8.95. The summed E-state index contributed by atoms with van der Waals surface area (Å²) in [5.74, 6) is -0.900. The van der Waals surface area contributed by atoms with Crippen molar-refractivity contribution in [1.29, 1.82) is 0 Å². The molecule has 0 saturated carbocycles. The second kappa shape index (κ2) is 9.63. The van der Waals surface area contributed by atoms with Gasteiger partial charge in [0.15, 0.2) is 0 Å². The lowest BCUT2D eigenvalue weighted by molar-refractivity contribution is -0.114. The highest BCUT2D eigenvalue weighted by molar-refractivity contribution is 7.93. The van der Waals surface area contributed by atoms with Crippen molar-refractivity contribution < 1.29 is 27.5 Å². The topological polar surface area (TPSA) is 102 Å². The molecule has 0 aliphatic rings. The van der Waals surface area contributed by atoms with E-state index in [0.29, 0.717) is 11.4 Å². The maximum atomic E-state index is 13.5. The molecule has 0 unspecified atom stereocenters. The van der Waals surface area contributed by atoms with Gasteiger partial charge in [-0.2, -0.15) is 0 Å². The zero-order valence-electron chi connectivity index (χ0n) is 16.8. The molecule has 1 amide bonds. The molecule has 8 nitrogen and oxygen atoms in total. The first-order valence-corrected chi connectivity index (χ1v) is 11.4. The Balaban J connectivity index is 1.97. The third kappa shape index (κ3) is 4.86. The molecule has 1 N–H and O–H groups in total. The Labute approximate surface area is 184 Å². The Morgan fingerprint density at radius 2 is 1.68 bits per heavy atom. The quantitative estimate of drug-likeness (QED) is 0.517. The standard InChI is InChI=1S/C21H20N2O6S2/c1-28-17-11-7-6-10-16(17)22-19(24)14-23(15-8-4-3-5-9-15)31(26,27)18-12-13-30-20(18)21(25)29-2/h3-13H,14H2,1-2H3,(H,22,24). The van der Waals surface area contributed by atoms with Crippen LogP contribution >= 0.6 is 11.3 Å². The van der Waals surface area contributed by atoms with Crippen LogP contribution in [0.15, 0.2) is 70.9 Å². The Kier molecular flexibility index (Phi) is 6.93. The molecular formula is C21H20N2O6S2. The first-order chi connectivity index (χ1) is 14.9. The molecule has 0 aliphatic carbocycles. The minimum absolute atomic E-state index is 0.0615. The van der Waals surface area contributed by atoms with Gasteiger partial charge in [-0.05, 0) is 35.7 Å². The van der Waals surface area contributed by atoms with Gasteiger partial charge in [0.25, 0.3) is 10.0 Å². The lowest BCUT2D eigenvalue weighted by atomic mass is 10.3. The summed E-state index contributed by atoms with van der Waals surface area (Å²) >= 11 is 0.951. The van der Waals surface area contributed by atoms with E-state index in [1.807, 2.05) is 0 Å². The summed E-state index contributed by atoms with van der Waals surface area (Å²) < 4.78 is 37.8. The summed E-state index contributed by atoms with van der Waals surface area (Å²) in [6, 6.07) is 16.3. The Bertz CT molecular complexity index is 1180. The summed E-state index contributed by atoms with van der Waals surface area (Å²) in [6.07, 6.45) is 0. The first kappa shape index (κ1) is 22.3. The molecule has 3 rings (SSSR count). The summed E-state index contributed by atoms with van der Waals surface area (Å²) in [4.78, 5) is 24.6. The van der Waals surface area contributed by atoms with Crippen LogP contribution < -0.4 is 14.4 Å². The fourth-order valence-electron chi connectivity index (χ4n) is 2.84. The van der Waals surface area contributed by atoms with Crippen LogP contribution in [0.2, 0.25) is 0 Å². The van der Waals surface area contributed by atoms with Gasteiger partial charge in [-0.3, -0.25) is 9.10 Å². The predicted octanol–water partition coefficient (Wildman–Crippen LogP) is 3.38. The number of sulfonamides is 1. The number of benzene rings is 2. The van der Waals surface area contributed by atoms with E-state index in [4.69, 9.17) is 9.47 Å². The molecule has 162 valence electrons. The van der Waals surface area contributed by atoms with Gasteiger partial charge in [-0.1, -0.05) is 30.3 Å². The van der Waals surface area contributed by atoms with E-state index in [1.165, 1.54) is 25.7 Å². The zero-order valence-corrected chi connectivity index (χ0v) is 18.4. The number of esters is 1. The lowest BCUT2D eigenvalue weighted by Crippen LogP contribution is -2.38. The number of rotatable bonds is 8. The fourth-order valence-corrected chi connectivity index (χ4v) is 5.57. The third-order valence-electron chi connectivity index (χ3n) is 4.28. The SMILES string of the molecule is COC(=O)c1sccc1S(=O)(=O)N(CC(=O)Nc1ccccc1OC)c1ccccc1. The van der Waals surface area contributed by atoms with Crippen LogP contribution in [0.3, 0.4) is 0 Å². The van der Waals surface area contributed by atoms with E-state index in [9.17, 15) is 18.0 Å². The normalized spacial score (nSPS) is 10.9. The third-order valence-corrected chi connectivity index (χ3v) is 7.12. The number of ether oxygens (including phenoxy) is 2. The summed E-state index contributed by atoms with van der Waals surface area (Å²) in [6.45, 7) is -0.513.